The van der Waals surface area contributed by atoms with Crippen LogP contribution in [0.1, 0.15) is 36.8 Å². The summed E-state index contributed by atoms with van der Waals surface area (Å²) in [6.45, 7) is 2.02. The molecule has 8 heteroatoms. The Labute approximate surface area is 192 Å². The summed E-state index contributed by atoms with van der Waals surface area (Å²) < 4.78 is 5.51. The molecule has 1 heterocycles. The van der Waals surface area contributed by atoms with E-state index >= 15 is 0 Å². The van der Waals surface area contributed by atoms with Crippen LogP contribution in [0.3, 0.4) is 0 Å². The highest BCUT2D eigenvalue weighted by Gasteiger charge is 2.33. The Morgan fingerprint density at radius 3 is 2.27 bits per heavy atom. The minimum Gasteiger partial charge on any atom is -0.481 e. The van der Waals surface area contributed by atoms with E-state index in [1.54, 1.807) is 6.92 Å². The Balaban J connectivity index is 1.31. The number of ether oxygens (including phenoxy) is 1. The zero-order chi connectivity index (χ0) is 23.5. The zero-order valence-corrected chi connectivity index (χ0v) is 18.4. The summed E-state index contributed by atoms with van der Waals surface area (Å²) in [5.74, 6) is -2.19. The number of hydrogen-bond donors (Lipinski definition) is 3. The number of alkyl carbamates (subject to hydrolysis) is 1. The molecule has 2 aromatic carbocycles. The molecule has 174 valence electrons. The van der Waals surface area contributed by atoms with Gasteiger partial charge in [-0.3, -0.25) is 9.59 Å². The van der Waals surface area contributed by atoms with E-state index in [1.165, 1.54) is 4.90 Å². The molecule has 0 aromatic heterocycles. The van der Waals surface area contributed by atoms with Crippen molar-refractivity contribution in [2.24, 2.45) is 5.92 Å². The van der Waals surface area contributed by atoms with Crippen LogP contribution in [0.5, 0.6) is 0 Å². The number of β-amino-alcohol motifs (C(OH)–C–C–N with tert-alkyl or cyclic N) is 1. The van der Waals surface area contributed by atoms with Crippen LogP contribution in [0.2, 0.25) is 0 Å². The first-order valence-corrected chi connectivity index (χ1v) is 11.1. The lowest BCUT2D eigenvalue weighted by Crippen LogP contribution is -2.49. The van der Waals surface area contributed by atoms with Crippen molar-refractivity contribution < 1.29 is 29.3 Å². The number of aliphatic hydroxyl groups excluding tert-OH is 1. The third-order valence-corrected chi connectivity index (χ3v) is 6.32. The molecule has 2 aliphatic rings. The number of nitrogens with one attached hydrogen (secondary N) is 1. The van der Waals surface area contributed by atoms with Gasteiger partial charge in [-0.05, 0) is 35.6 Å². The normalized spacial score (nSPS) is 20.5. The van der Waals surface area contributed by atoms with Gasteiger partial charge in [-0.15, -0.1) is 0 Å². The number of carbonyl (C=O) groups is 3. The van der Waals surface area contributed by atoms with Gasteiger partial charge in [0.25, 0.3) is 0 Å². The average molecular weight is 453 g/mol. The van der Waals surface area contributed by atoms with Crippen LogP contribution in [0.4, 0.5) is 4.79 Å². The first-order valence-electron chi connectivity index (χ1n) is 11.1. The van der Waals surface area contributed by atoms with E-state index in [1.807, 2.05) is 36.4 Å². The number of rotatable bonds is 6. The monoisotopic (exact) mass is 452 g/mol. The number of carbonyl (C=O) groups excluding carboxylic acids is 2. The van der Waals surface area contributed by atoms with E-state index in [4.69, 9.17) is 4.74 Å². The predicted octanol–water partition coefficient (Wildman–Crippen LogP) is 2.60. The Morgan fingerprint density at radius 2 is 1.67 bits per heavy atom. The fourth-order valence-corrected chi connectivity index (χ4v) is 4.74. The highest BCUT2D eigenvalue weighted by Crippen LogP contribution is 2.44. The predicted molar refractivity (Wildman–Crippen MR) is 121 cm³/mol. The third kappa shape index (κ3) is 5.01. The summed E-state index contributed by atoms with van der Waals surface area (Å²) in [6, 6.07) is 15.6. The van der Waals surface area contributed by atoms with Crippen molar-refractivity contribution in [3.8, 4) is 11.1 Å². The van der Waals surface area contributed by atoms with Gasteiger partial charge in [0, 0.05) is 31.5 Å². The van der Waals surface area contributed by atoms with Gasteiger partial charge in [0.2, 0.25) is 5.91 Å². The standard InChI is InChI=1S/C25H28N2O6/c1-15(10-23(29)27-12-16(24(30)31)11-17(28)13-27)26-25(32)33-14-22-20-8-4-2-6-18(20)19-7-3-5-9-21(19)22/h2-9,15-17,22,28H,10-14H2,1H3,(H,26,32)(H,30,31)/t15-,16?,17?/m1/s1. The summed E-state index contributed by atoms with van der Waals surface area (Å²) in [5.41, 5.74) is 4.52. The number of amides is 2. The van der Waals surface area contributed by atoms with Gasteiger partial charge >= 0.3 is 12.1 Å². The lowest BCUT2D eigenvalue weighted by molar-refractivity contribution is -0.148. The second-order valence-corrected chi connectivity index (χ2v) is 8.80. The van der Waals surface area contributed by atoms with E-state index in [0.717, 1.165) is 22.3 Å². The molecule has 1 aliphatic carbocycles. The zero-order valence-electron chi connectivity index (χ0n) is 18.4. The molecule has 0 saturated carbocycles. The van der Waals surface area contributed by atoms with Crippen molar-refractivity contribution in [2.45, 2.75) is 37.8 Å². The number of carboxylic acid groups (broad SMARTS) is 1. The van der Waals surface area contributed by atoms with Crippen molar-refractivity contribution in [3.63, 3.8) is 0 Å². The number of aliphatic hydroxyl groups is 1. The van der Waals surface area contributed by atoms with Crippen molar-refractivity contribution in [2.75, 3.05) is 19.7 Å². The Kier molecular flexibility index (Phi) is 6.65. The highest BCUT2D eigenvalue weighted by molar-refractivity contribution is 5.80. The third-order valence-electron chi connectivity index (χ3n) is 6.32. The quantitative estimate of drug-likeness (QED) is 0.620. The van der Waals surface area contributed by atoms with Gasteiger partial charge in [0.05, 0.1) is 12.0 Å². The topological polar surface area (TPSA) is 116 Å². The minimum atomic E-state index is -1.03. The second-order valence-electron chi connectivity index (χ2n) is 8.80. The molecule has 0 spiro atoms. The molecule has 4 rings (SSSR count). The number of nitrogens with zero attached hydrogens (tertiary/aromatic N) is 1. The van der Waals surface area contributed by atoms with E-state index in [9.17, 15) is 24.6 Å². The van der Waals surface area contributed by atoms with E-state index in [-0.39, 0.29) is 44.4 Å². The van der Waals surface area contributed by atoms with Crippen LogP contribution < -0.4 is 5.32 Å². The molecule has 3 N–H and O–H groups in total. The fraction of sp³-hybridized carbons (Fsp3) is 0.400. The van der Waals surface area contributed by atoms with Crippen LogP contribution in [0.25, 0.3) is 11.1 Å². The maximum Gasteiger partial charge on any atom is 0.407 e. The van der Waals surface area contributed by atoms with Gasteiger partial charge in [0.15, 0.2) is 0 Å². The number of aliphatic carboxylic acids is 1. The molecule has 0 radical (unpaired) electrons. The first kappa shape index (κ1) is 22.8. The summed E-state index contributed by atoms with van der Waals surface area (Å²) in [5, 5.41) is 21.8. The van der Waals surface area contributed by atoms with Crippen LogP contribution in [0.15, 0.2) is 48.5 Å². The minimum absolute atomic E-state index is 0.0107. The van der Waals surface area contributed by atoms with Gasteiger partial charge < -0.3 is 25.2 Å². The summed E-state index contributed by atoms with van der Waals surface area (Å²) >= 11 is 0. The summed E-state index contributed by atoms with van der Waals surface area (Å²) in [4.78, 5) is 37.6. The van der Waals surface area contributed by atoms with Crippen LogP contribution in [-0.2, 0) is 14.3 Å². The largest absolute Gasteiger partial charge is 0.481 e. The van der Waals surface area contributed by atoms with E-state index in [0.29, 0.717) is 0 Å². The summed E-state index contributed by atoms with van der Waals surface area (Å²) in [7, 11) is 0. The second kappa shape index (κ2) is 9.62. The summed E-state index contributed by atoms with van der Waals surface area (Å²) in [6.07, 6.45) is -1.36. The van der Waals surface area contributed by atoms with Gasteiger partial charge in [-0.1, -0.05) is 48.5 Å². The number of hydrogen-bond acceptors (Lipinski definition) is 5. The Morgan fingerprint density at radius 1 is 1.06 bits per heavy atom. The van der Waals surface area contributed by atoms with Crippen molar-refractivity contribution in [1.82, 2.24) is 10.2 Å². The van der Waals surface area contributed by atoms with Gasteiger partial charge in [-0.2, -0.15) is 0 Å². The molecule has 2 unspecified atom stereocenters. The van der Waals surface area contributed by atoms with Crippen molar-refractivity contribution >= 4 is 18.0 Å². The number of benzene rings is 2. The van der Waals surface area contributed by atoms with Crippen molar-refractivity contribution in [1.29, 1.82) is 0 Å². The lowest BCUT2D eigenvalue weighted by atomic mass is 9.95. The maximum absolute atomic E-state index is 12.6. The fourth-order valence-electron chi connectivity index (χ4n) is 4.74. The Bertz CT molecular complexity index is 1010. The molecule has 0 bridgehead atoms. The molecule has 1 aliphatic heterocycles. The van der Waals surface area contributed by atoms with Crippen LogP contribution in [0, 0.1) is 5.92 Å². The smallest absolute Gasteiger partial charge is 0.407 e. The molecular weight excluding hydrogens is 424 g/mol. The molecule has 3 atom stereocenters. The maximum atomic E-state index is 12.6. The molecule has 33 heavy (non-hydrogen) atoms. The average Bonchev–Trinajstić information content (AvgIpc) is 3.11. The van der Waals surface area contributed by atoms with E-state index < -0.39 is 30.1 Å². The van der Waals surface area contributed by atoms with E-state index in [2.05, 4.69) is 17.4 Å². The van der Waals surface area contributed by atoms with Crippen molar-refractivity contribution in [3.05, 3.63) is 59.7 Å². The molecule has 8 nitrogen and oxygen atoms in total. The first-order chi connectivity index (χ1) is 15.8. The van der Waals surface area contributed by atoms with Crippen LogP contribution >= 0.6 is 0 Å². The highest BCUT2D eigenvalue weighted by atomic mass is 16.5. The molecule has 2 amide bonds. The number of likely N-dealkylation sites (tertiary alicyclic amines) is 1. The molecule has 2 aromatic rings. The SMILES string of the molecule is C[C@H](CC(=O)N1CC(O)CC(C(=O)O)C1)NC(=O)OCC1c2ccccc2-c2ccccc21. The number of fused-ring (bicyclic) bond motifs is 3. The van der Waals surface area contributed by atoms with Gasteiger partial charge in [0.1, 0.15) is 6.61 Å². The van der Waals surface area contributed by atoms with Crippen LogP contribution in [-0.4, -0.2) is 64.9 Å². The molecular formula is C25H28N2O6. The Hall–Kier alpha value is -3.39. The molecule has 1 fully saturated rings. The molecule has 1 saturated heterocycles. The van der Waals surface area contributed by atoms with Gasteiger partial charge in [-0.25, -0.2) is 4.79 Å². The lowest BCUT2D eigenvalue weighted by Gasteiger charge is -2.34. The number of piperidine rings is 1. The number of carboxylic acids is 1.